The van der Waals surface area contributed by atoms with Gasteiger partial charge in [0, 0.05) is 21.7 Å². The fourth-order valence-electron chi connectivity index (χ4n) is 3.27. The molecule has 1 aliphatic rings. The quantitative estimate of drug-likeness (QED) is 0.647. The van der Waals surface area contributed by atoms with E-state index in [1.54, 1.807) is 24.3 Å². The molecular formula is C21H13ClN4OS. The van der Waals surface area contributed by atoms with Crippen molar-refractivity contribution >= 4 is 40.5 Å². The van der Waals surface area contributed by atoms with Crippen LogP contribution in [-0.2, 0) is 6.54 Å². The molecule has 0 unspecified atom stereocenters. The molecule has 0 fully saturated rings. The maximum Gasteiger partial charge on any atom is 0.259 e. The lowest BCUT2D eigenvalue weighted by atomic mass is 9.95. The van der Waals surface area contributed by atoms with E-state index in [1.165, 1.54) is 4.90 Å². The van der Waals surface area contributed by atoms with Crippen LogP contribution in [0.25, 0.3) is 11.1 Å². The largest absolute Gasteiger partial charge is 0.383 e. The number of aromatic nitrogens is 1. The summed E-state index contributed by atoms with van der Waals surface area (Å²) in [6, 6.07) is 18.1. The molecule has 1 aliphatic heterocycles. The lowest BCUT2D eigenvalue weighted by Gasteiger charge is -2.16. The maximum atomic E-state index is 13.0. The van der Waals surface area contributed by atoms with Gasteiger partial charge in [0.15, 0.2) is 0 Å². The van der Waals surface area contributed by atoms with Crippen LogP contribution in [0.2, 0.25) is 5.02 Å². The van der Waals surface area contributed by atoms with Gasteiger partial charge in [0.05, 0.1) is 12.2 Å². The van der Waals surface area contributed by atoms with Gasteiger partial charge in [-0.1, -0.05) is 54.2 Å². The molecule has 0 aliphatic carbocycles. The number of amides is 1. The Bertz CT molecular complexity index is 1150. The second-order valence-corrected chi connectivity index (χ2v) is 7.07. The average Bonchev–Trinajstić information content (AvgIpc) is 3.03. The number of nitrogens with two attached hydrogens (primary N) is 1. The zero-order chi connectivity index (χ0) is 19.8. The highest BCUT2D eigenvalue weighted by atomic mass is 35.5. The van der Waals surface area contributed by atoms with Gasteiger partial charge in [0.1, 0.15) is 22.4 Å². The molecule has 0 bridgehead atoms. The van der Waals surface area contributed by atoms with Crippen molar-refractivity contribution in [3.63, 3.8) is 0 Å². The lowest BCUT2D eigenvalue weighted by molar-refractivity contribution is 0.0848. The molecular weight excluding hydrogens is 392 g/mol. The Morgan fingerprint density at radius 1 is 1.14 bits per heavy atom. The molecule has 2 heterocycles. The van der Waals surface area contributed by atoms with Crippen molar-refractivity contribution in [2.75, 3.05) is 5.73 Å². The fraction of sp³-hybridized carbons (Fsp3) is 0.0476. The minimum Gasteiger partial charge on any atom is -0.383 e. The number of nitriles is 1. The summed E-state index contributed by atoms with van der Waals surface area (Å²) in [5, 5.41) is 10.2. The van der Waals surface area contributed by atoms with Crippen LogP contribution in [-0.4, -0.2) is 20.8 Å². The Morgan fingerprint density at radius 3 is 2.46 bits per heavy atom. The summed E-state index contributed by atoms with van der Waals surface area (Å²) in [7, 11) is 0. The van der Waals surface area contributed by atoms with Gasteiger partial charge in [-0.2, -0.15) is 5.26 Å². The number of pyridine rings is 1. The summed E-state index contributed by atoms with van der Waals surface area (Å²) in [6.45, 7) is 0.200. The van der Waals surface area contributed by atoms with Gasteiger partial charge in [-0.3, -0.25) is 9.69 Å². The lowest BCUT2D eigenvalue weighted by Crippen LogP contribution is -2.30. The van der Waals surface area contributed by atoms with Crippen LogP contribution in [0, 0.1) is 11.3 Å². The first kappa shape index (κ1) is 18.1. The molecule has 0 saturated carbocycles. The van der Waals surface area contributed by atoms with Gasteiger partial charge >= 0.3 is 0 Å². The Kier molecular flexibility index (Phi) is 4.55. The number of halogens is 1. The van der Waals surface area contributed by atoms with E-state index >= 15 is 0 Å². The first-order valence-electron chi connectivity index (χ1n) is 8.41. The zero-order valence-corrected chi connectivity index (χ0v) is 16.1. The number of nitrogens with zero attached hydrogens (tertiary/aromatic N) is 3. The molecule has 3 aromatic rings. The highest BCUT2D eigenvalue weighted by molar-refractivity contribution is 7.80. The van der Waals surface area contributed by atoms with Gasteiger partial charge in [0.25, 0.3) is 5.91 Å². The van der Waals surface area contributed by atoms with E-state index in [-0.39, 0.29) is 23.8 Å². The van der Waals surface area contributed by atoms with Crippen LogP contribution in [0.15, 0.2) is 54.6 Å². The summed E-state index contributed by atoms with van der Waals surface area (Å²) >= 11 is 11.5. The van der Waals surface area contributed by atoms with Crippen LogP contribution >= 0.6 is 23.8 Å². The van der Waals surface area contributed by atoms with Gasteiger partial charge in [-0.05, 0) is 29.8 Å². The number of rotatable bonds is 2. The average molecular weight is 405 g/mol. The standard InChI is InChI=1S/C21H13ClN4OS/c22-14-8-6-13(7-9-14)20(27)26-11-16-18(21(26)28)17(12-4-2-1-3-5-12)15(10-23)19(24)25-16/h1-9H,11H2,(H2,24,25). The number of fused-ring (bicyclic) bond motifs is 1. The topological polar surface area (TPSA) is 83.0 Å². The predicted molar refractivity (Wildman–Crippen MR) is 112 cm³/mol. The number of carbonyl (C=O) groups is 1. The summed E-state index contributed by atoms with van der Waals surface area (Å²) in [5.74, 6) is -0.126. The Balaban J connectivity index is 1.84. The Morgan fingerprint density at radius 2 is 1.82 bits per heavy atom. The number of hydrogen-bond acceptors (Lipinski definition) is 5. The van der Waals surface area contributed by atoms with Crippen LogP contribution in [0.5, 0.6) is 0 Å². The number of benzene rings is 2. The number of hydrogen-bond donors (Lipinski definition) is 1. The number of nitrogen functional groups attached to an aromatic ring is 1. The predicted octanol–water partition coefficient (Wildman–Crippen LogP) is 4.19. The van der Waals surface area contributed by atoms with Crippen LogP contribution in [0.1, 0.15) is 27.2 Å². The van der Waals surface area contributed by atoms with Crippen molar-refractivity contribution in [1.82, 2.24) is 9.88 Å². The molecule has 1 amide bonds. The van der Waals surface area contributed by atoms with Crippen molar-refractivity contribution in [3.05, 3.63) is 82.0 Å². The molecule has 5 nitrogen and oxygen atoms in total. The Labute approximate surface area is 172 Å². The molecule has 0 spiro atoms. The molecule has 4 rings (SSSR count). The van der Waals surface area contributed by atoms with Crippen molar-refractivity contribution in [3.8, 4) is 17.2 Å². The van der Waals surface area contributed by atoms with E-state index in [0.717, 1.165) is 5.56 Å². The monoisotopic (exact) mass is 404 g/mol. The van der Waals surface area contributed by atoms with Crippen molar-refractivity contribution in [2.24, 2.45) is 0 Å². The van der Waals surface area contributed by atoms with Crippen LogP contribution in [0.4, 0.5) is 5.82 Å². The van der Waals surface area contributed by atoms with Gasteiger partial charge < -0.3 is 5.73 Å². The molecule has 136 valence electrons. The normalized spacial score (nSPS) is 12.6. The summed E-state index contributed by atoms with van der Waals surface area (Å²) in [4.78, 5) is 19.2. The van der Waals surface area contributed by atoms with E-state index in [9.17, 15) is 10.1 Å². The number of anilines is 1. The van der Waals surface area contributed by atoms with Gasteiger partial charge in [-0.15, -0.1) is 0 Å². The van der Waals surface area contributed by atoms with Gasteiger partial charge in [0.2, 0.25) is 0 Å². The number of carbonyl (C=O) groups excluding carboxylic acids is 1. The minimum atomic E-state index is -0.254. The molecule has 7 heteroatoms. The van der Waals surface area contributed by atoms with Crippen LogP contribution < -0.4 is 5.73 Å². The zero-order valence-electron chi connectivity index (χ0n) is 14.5. The van der Waals surface area contributed by atoms with Crippen molar-refractivity contribution < 1.29 is 4.79 Å². The van der Waals surface area contributed by atoms with E-state index in [1.807, 2.05) is 30.3 Å². The maximum absolute atomic E-state index is 13.0. The highest BCUT2D eigenvalue weighted by Crippen LogP contribution is 2.37. The molecule has 0 saturated heterocycles. The van der Waals surface area contributed by atoms with E-state index in [0.29, 0.717) is 32.4 Å². The second-order valence-electron chi connectivity index (χ2n) is 6.25. The molecule has 2 aromatic carbocycles. The second kappa shape index (κ2) is 7.04. The van der Waals surface area contributed by atoms with Gasteiger partial charge in [-0.25, -0.2) is 4.98 Å². The molecule has 28 heavy (non-hydrogen) atoms. The third-order valence-electron chi connectivity index (χ3n) is 4.58. The smallest absolute Gasteiger partial charge is 0.259 e. The first-order valence-corrected chi connectivity index (χ1v) is 9.19. The molecule has 1 aromatic heterocycles. The molecule has 0 radical (unpaired) electrons. The highest BCUT2D eigenvalue weighted by Gasteiger charge is 2.35. The summed E-state index contributed by atoms with van der Waals surface area (Å²) in [6.07, 6.45) is 0. The SMILES string of the molecule is N#Cc1c(N)nc2c(c1-c1ccccc1)C(=S)N(C(=O)c1ccc(Cl)cc1)C2. The third kappa shape index (κ3) is 2.91. The van der Waals surface area contributed by atoms with E-state index in [4.69, 9.17) is 29.6 Å². The number of thiocarbonyl (C=S) groups is 1. The van der Waals surface area contributed by atoms with Crippen LogP contribution in [0.3, 0.4) is 0 Å². The summed E-state index contributed by atoms with van der Waals surface area (Å²) < 4.78 is 0. The Hall–Kier alpha value is -3.27. The summed E-state index contributed by atoms with van der Waals surface area (Å²) in [5.41, 5.74) is 9.37. The fourth-order valence-corrected chi connectivity index (χ4v) is 3.77. The first-order chi connectivity index (χ1) is 13.5. The van der Waals surface area contributed by atoms with Crippen molar-refractivity contribution in [1.29, 1.82) is 5.26 Å². The van der Waals surface area contributed by atoms with E-state index in [2.05, 4.69) is 11.1 Å². The molecule has 0 atom stereocenters. The van der Waals surface area contributed by atoms with E-state index < -0.39 is 0 Å². The third-order valence-corrected chi connectivity index (χ3v) is 5.25. The molecule has 2 N–H and O–H groups in total. The van der Waals surface area contributed by atoms with Crippen molar-refractivity contribution in [2.45, 2.75) is 6.54 Å². The minimum absolute atomic E-state index is 0.128.